The smallest absolute Gasteiger partial charge is 0.338 e. The lowest BCUT2D eigenvalue weighted by Crippen LogP contribution is -2.45. The Balaban J connectivity index is 1.30. The molecule has 0 radical (unpaired) electrons. The number of nitriles is 1. The molecular formula is C25H26N6O3. The van der Waals surface area contributed by atoms with E-state index < -0.39 is 0 Å². The number of hydrogen-bond donors (Lipinski definition) is 1. The summed E-state index contributed by atoms with van der Waals surface area (Å²) in [5, 5.41) is 17.3. The van der Waals surface area contributed by atoms with E-state index in [1.165, 1.54) is 11.8 Å². The quantitative estimate of drug-likeness (QED) is 0.562. The second kappa shape index (κ2) is 9.25. The van der Waals surface area contributed by atoms with E-state index >= 15 is 0 Å². The number of pyridine rings is 1. The SMILES string of the molecule is CCOc1cc(-n2cc(CN3CCNC(c4ccc5c(c4C)COC5=O)C3)cn2)ncc1C#N. The van der Waals surface area contributed by atoms with Crippen LogP contribution in [0.2, 0.25) is 0 Å². The van der Waals surface area contributed by atoms with Gasteiger partial charge in [0.25, 0.3) is 0 Å². The van der Waals surface area contributed by atoms with Crippen molar-refractivity contribution in [1.82, 2.24) is 25.0 Å². The molecule has 34 heavy (non-hydrogen) atoms. The Bertz CT molecular complexity index is 1280. The van der Waals surface area contributed by atoms with Crippen LogP contribution in [0, 0.1) is 18.3 Å². The number of fused-ring (bicyclic) bond motifs is 1. The van der Waals surface area contributed by atoms with Gasteiger partial charge in [0.05, 0.1) is 24.6 Å². The lowest BCUT2D eigenvalue weighted by molar-refractivity contribution is 0.0535. The van der Waals surface area contributed by atoms with Crippen molar-refractivity contribution in [2.45, 2.75) is 33.0 Å². The number of esters is 1. The van der Waals surface area contributed by atoms with Crippen LogP contribution in [0.1, 0.15) is 51.1 Å². The van der Waals surface area contributed by atoms with Crippen molar-refractivity contribution in [2.75, 3.05) is 26.2 Å². The first-order chi connectivity index (χ1) is 16.6. The highest BCUT2D eigenvalue weighted by Gasteiger charge is 2.28. The van der Waals surface area contributed by atoms with Crippen LogP contribution in [0.15, 0.2) is 36.8 Å². The zero-order chi connectivity index (χ0) is 23.7. The second-order valence-electron chi connectivity index (χ2n) is 8.50. The van der Waals surface area contributed by atoms with Gasteiger partial charge in [0.15, 0.2) is 5.82 Å². The van der Waals surface area contributed by atoms with Crippen molar-refractivity contribution < 1.29 is 14.3 Å². The number of ether oxygens (including phenoxy) is 2. The first-order valence-electron chi connectivity index (χ1n) is 11.4. The van der Waals surface area contributed by atoms with Crippen LogP contribution < -0.4 is 10.1 Å². The summed E-state index contributed by atoms with van der Waals surface area (Å²) in [6.07, 6.45) is 5.33. The molecule has 1 unspecified atom stereocenters. The van der Waals surface area contributed by atoms with Gasteiger partial charge in [-0.1, -0.05) is 6.07 Å². The third-order valence-corrected chi connectivity index (χ3v) is 6.39. The van der Waals surface area contributed by atoms with Gasteiger partial charge in [-0.3, -0.25) is 4.90 Å². The number of nitrogens with one attached hydrogen (secondary N) is 1. The molecule has 1 fully saturated rings. The molecule has 1 atom stereocenters. The molecule has 9 heteroatoms. The van der Waals surface area contributed by atoms with Gasteiger partial charge in [0.1, 0.15) is 24.0 Å². The molecule has 2 aliphatic heterocycles. The summed E-state index contributed by atoms with van der Waals surface area (Å²) in [4.78, 5) is 18.6. The average molecular weight is 459 g/mol. The molecule has 5 rings (SSSR count). The van der Waals surface area contributed by atoms with Gasteiger partial charge in [-0.05, 0) is 31.0 Å². The maximum absolute atomic E-state index is 11.9. The van der Waals surface area contributed by atoms with E-state index in [0.29, 0.717) is 35.9 Å². The minimum Gasteiger partial charge on any atom is -0.492 e. The lowest BCUT2D eigenvalue weighted by Gasteiger charge is -2.34. The second-order valence-corrected chi connectivity index (χ2v) is 8.50. The van der Waals surface area contributed by atoms with Crippen molar-refractivity contribution in [3.8, 4) is 17.6 Å². The number of carbonyl (C=O) groups is 1. The molecule has 0 amide bonds. The molecule has 1 aromatic carbocycles. The number of nitrogens with zero attached hydrogens (tertiary/aromatic N) is 5. The predicted molar refractivity (Wildman–Crippen MR) is 124 cm³/mol. The molecule has 9 nitrogen and oxygen atoms in total. The number of benzene rings is 1. The first-order valence-corrected chi connectivity index (χ1v) is 11.4. The normalized spacial score (nSPS) is 17.8. The molecule has 2 aliphatic rings. The zero-order valence-electron chi connectivity index (χ0n) is 19.2. The molecule has 2 aromatic heterocycles. The molecule has 0 bridgehead atoms. The van der Waals surface area contributed by atoms with Crippen LogP contribution in [0.4, 0.5) is 0 Å². The van der Waals surface area contributed by atoms with Crippen molar-refractivity contribution >= 4 is 5.97 Å². The van der Waals surface area contributed by atoms with Gasteiger partial charge in [-0.2, -0.15) is 10.4 Å². The fourth-order valence-electron chi connectivity index (χ4n) is 4.64. The maximum Gasteiger partial charge on any atom is 0.338 e. The van der Waals surface area contributed by atoms with Gasteiger partial charge in [-0.15, -0.1) is 0 Å². The maximum atomic E-state index is 11.9. The van der Waals surface area contributed by atoms with E-state index in [9.17, 15) is 10.1 Å². The summed E-state index contributed by atoms with van der Waals surface area (Å²) in [7, 11) is 0. The van der Waals surface area contributed by atoms with Crippen molar-refractivity contribution in [3.05, 3.63) is 70.2 Å². The Morgan fingerprint density at radius 2 is 2.24 bits per heavy atom. The van der Waals surface area contributed by atoms with Crippen molar-refractivity contribution in [3.63, 3.8) is 0 Å². The number of hydrogen-bond acceptors (Lipinski definition) is 8. The van der Waals surface area contributed by atoms with Gasteiger partial charge in [0.2, 0.25) is 0 Å². The first kappa shape index (κ1) is 22.1. The number of carbonyl (C=O) groups excluding carboxylic acids is 1. The van der Waals surface area contributed by atoms with Crippen LogP contribution in [0.3, 0.4) is 0 Å². The van der Waals surface area contributed by atoms with Crippen LogP contribution in [0.5, 0.6) is 5.75 Å². The Morgan fingerprint density at radius 3 is 3.06 bits per heavy atom. The predicted octanol–water partition coefficient (Wildman–Crippen LogP) is 2.66. The highest BCUT2D eigenvalue weighted by atomic mass is 16.5. The van der Waals surface area contributed by atoms with E-state index in [0.717, 1.165) is 42.9 Å². The summed E-state index contributed by atoms with van der Waals surface area (Å²) in [6, 6.07) is 7.96. The molecule has 1 saturated heterocycles. The third-order valence-electron chi connectivity index (χ3n) is 6.39. The Kier molecular flexibility index (Phi) is 6.01. The molecule has 4 heterocycles. The molecule has 3 aromatic rings. The molecule has 1 N–H and O–H groups in total. The minimum absolute atomic E-state index is 0.179. The summed E-state index contributed by atoms with van der Waals surface area (Å²) in [6.45, 7) is 8.20. The van der Waals surface area contributed by atoms with E-state index in [1.807, 2.05) is 31.5 Å². The van der Waals surface area contributed by atoms with Crippen LogP contribution in [0.25, 0.3) is 5.82 Å². The van der Waals surface area contributed by atoms with E-state index in [1.54, 1.807) is 10.7 Å². The summed E-state index contributed by atoms with van der Waals surface area (Å²) < 4.78 is 12.5. The highest BCUT2D eigenvalue weighted by molar-refractivity contribution is 5.94. The van der Waals surface area contributed by atoms with Gasteiger partial charge in [0, 0.05) is 55.6 Å². The molecule has 0 spiro atoms. The van der Waals surface area contributed by atoms with Gasteiger partial charge < -0.3 is 14.8 Å². The van der Waals surface area contributed by atoms with E-state index in [-0.39, 0.29) is 12.0 Å². The standard InChI is InChI=1S/C25H26N6O3/c1-3-33-23-8-24(28-11-18(23)9-26)31-13-17(10-29-31)12-30-7-6-27-22(14-30)19-4-5-20-21(16(19)2)15-34-25(20)32/h4-5,8,10-11,13,22,27H,3,6-7,12,14-15H2,1-2H3. The van der Waals surface area contributed by atoms with Crippen LogP contribution in [-0.2, 0) is 17.9 Å². The number of rotatable bonds is 6. The number of piperazine rings is 1. The Hall–Kier alpha value is -3.74. The molecule has 174 valence electrons. The summed E-state index contributed by atoms with van der Waals surface area (Å²) >= 11 is 0. The molecule has 0 saturated carbocycles. The largest absolute Gasteiger partial charge is 0.492 e. The fourth-order valence-corrected chi connectivity index (χ4v) is 4.64. The summed E-state index contributed by atoms with van der Waals surface area (Å²) in [5.41, 5.74) is 5.52. The minimum atomic E-state index is -0.231. The fraction of sp³-hybridized carbons (Fsp3) is 0.360. The van der Waals surface area contributed by atoms with Gasteiger partial charge >= 0.3 is 5.97 Å². The van der Waals surface area contributed by atoms with E-state index in [2.05, 4.69) is 33.3 Å². The highest BCUT2D eigenvalue weighted by Crippen LogP contribution is 2.30. The van der Waals surface area contributed by atoms with Crippen molar-refractivity contribution in [2.24, 2.45) is 0 Å². The van der Waals surface area contributed by atoms with Crippen molar-refractivity contribution in [1.29, 1.82) is 5.26 Å². The van der Waals surface area contributed by atoms with E-state index in [4.69, 9.17) is 9.47 Å². The third kappa shape index (κ3) is 4.14. The summed E-state index contributed by atoms with van der Waals surface area (Å²) in [5.74, 6) is 0.885. The number of aromatic nitrogens is 3. The average Bonchev–Trinajstić information content (AvgIpc) is 3.47. The lowest BCUT2D eigenvalue weighted by atomic mass is 9.93. The Morgan fingerprint density at radius 1 is 1.35 bits per heavy atom. The monoisotopic (exact) mass is 458 g/mol. The van der Waals surface area contributed by atoms with Crippen LogP contribution >= 0.6 is 0 Å². The topological polar surface area (TPSA) is 105 Å². The molecular weight excluding hydrogens is 432 g/mol. The molecule has 0 aliphatic carbocycles. The number of cyclic esters (lactones) is 1. The van der Waals surface area contributed by atoms with Gasteiger partial charge in [-0.25, -0.2) is 14.5 Å². The zero-order valence-corrected chi connectivity index (χ0v) is 19.2. The Labute approximate surface area is 197 Å². The van der Waals surface area contributed by atoms with Crippen LogP contribution in [-0.4, -0.2) is 51.9 Å².